The first-order valence-electron chi connectivity index (χ1n) is 15.5. The SMILES string of the molecule is Br.CCCCCCCCCCCCCCOc1cc(OC)ccc1OCC(=O)Nc1ccccc1CN1CSC=C1C. The van der Waals surface area contributed by atoms with Crippen LogP contribution in [0.3, 0.4) is 0 Å². The van der Waals surface area contributed by atoms with E-state index in [1.165, 1.54) is 69.9 Å². The molecule has 6 nitrogen and oxygen atoms in total. The number of hydrogen-bond acceptors (Lipinski definition) is 6. The molecule has 1 heterocycles. The molecule has 0 aliphatic carbocycles. The molecule has 0 fully saturated rings. The highest BCUT2D eigenvalue weighted by Gasteiger charge is 2.16. The summed E-state index contributed by atoms with van der Waals surface area (Å²) in [6.45, 7) is 5.65. The molecule has 42 heavy (non-hydrogen) atoms. The van der Waals surface area contributed by atoms with Crippen molar-refractivity contribution >= 4 is 40.3 Å². The van der Waals surface area contributed by atoms with Crippen LogP contribution in [0.25, 0.3) is 0 Å². The molecule has 1 aliphatic rings. The van der Waals surface area contributed by atoms with Crippen molar-refractivity contribution in [1.29, 1.82) is 0 Å². The van der Waals surface area contributed by atoms with Crippen LogP contribution in [-0.4, -0.2) is 37.0 Å². The molecular formula is C34H51BrN2O4S. The molecule has 1 amide bonds. The number of thioether (sulfide) groups is 1. The van der Waals surface area contributed by atoms with Gasteiger partial charge in [-0.1, -0.05) is 95.8 Å². The summed E-state index contributed by atoms with van der Waals surface area (Å²) in [6.07, 6.45) is 15.7. The topological polar surface area (TPSA) is 60.0 Å². The molecular weight excluding hydrogens is 612 g/mol. The van der Waals surface area contributed by atoms with Crippen LogP contribution < -0.4 is 19.5 Å². The number of hydrogen-bond donors (Lipinski definition) is 1. The second-order valence-corrected chi connectivity index (χ2v) is 11.6. The Hall–Kier alpha value is -2.32. The standard InChI is InChI=1S/C34H50N2O4S.BrH/c1-4-5-6-7-8-9-10-11-12-13-14-17-22-39-33-23-30(38-3)20-21-32(33)40-25-34(37)35-31-19-16-15-18-29(31)24-36-27-41-26-28(36)2;/h15-16,18-21,23,26H,4-14,17,22,24-25,27H2,1-3H3,(H,35,37);1H. The van der Waals surface area contributed by atoms with E-state index in [9.17, 15) is 4.79 Å². The van der Waals surface area contributed by atoms with Crippen molar-refractivity contribution in [1.82, 2.24) is 4.90 Å². The first kappa shape index (κ1) is 35.9. The van der Waals surface area contributed by atoms with Crippen LogP contribution in [0.4, 0.5) is 5.69 Å². The largest absolute Gasteiger partial charge is 0.497 e. The third-order valence-corrected chi connectivity index (χ3v) is 8.37. The highest BCUT2D eigenvalue weighted by molar-refractivity contribution is 8.93. The summed E-state index contributed by atoms with van der Waals surface area (Å²) in [5.74, 6) is 2.57. The summed E-state index contributed by atoms with van der Waals surface area (Å²) in [5.41, 5.74) is 3.13. The molecule has 0 radical (unpaired) electrons. The van der Waals surface area contributed by atoms with E-state index >= 15 is 0 Å². The maximum Gasteiger partial charge on any atom is 0.262 e. The Morgan fingerprint density at radius 2 is 1.55 bits per heavy atom. The Bertz CT molecular complexity index is 1080. The number of unbranched alkanes of at least 4 members (excludes halogenated alkanes) is 11. The number of methoxy groups -OCH3 is 1. The summed E-state index contributed by atoms with van der Waals surface area (Å²) < 4.78 is 17.4. The average molecular weight is 664 g/mol. The molecule has 8 heteroatoms. The monoisotopic (exact) mass is 662 g/mol. The Balaban J connectivity index is 0.00000616. The van der Waals surface area contributed by atoms with Gasteiger partial charge in [0.05, 0.1) is 19.6 Å². The van der Waals surface area contributed by atoms with Gasteiger partial charge in [-0.25, -0.2) is 0 Å². The fraction of sp³-hybridized carbons (Fsp3) is 0.559. The number of halogens is 1. The van der Waals surface area contributed by atoms with Crippen LogP contribution in [0.15, 0.2) is 53.6 Å². The number of para-hydroxylation sites is 1. The lowest BCUT2D eigenvalue weighted by Crippen LogP contribution is -2.23. The van der Waals surface area contributed by atoms with E-state index in [4.69, 9.17) is 14.2 Å². The van der Waals surface area contributed by atoms with Gasteiger partial charge in [0.2, 0.25) is 0 Å². The Labute approximate surface area is 268 Å². The molecule has 0 bridgehead atoms. The van der Waals surface area contributed by atoms with Gasteiger partial charge < -0.3 is 24.4 Å². The van der Waals surface area contributed by atoms with Gasteiger partial charge in [-0.2, -0.15) is 0 Å². The second-order valence-electron chi connectivity index (χ2n) is 10.8. The molecule has 2 aromatic rings. The summed E-state index contributed by atoms with van der Waals surface area (Å²) >= 11 is 1.79. The Morgan fingerprint density at radius 1 is 0.881 bits per heavy atom. The first-order chi connectivity index (χ1) is 20.1. The lowest BCUT2D eigenvalue weighted by molar-refractivity contribution is -0.118. The van der Waals surface area contributed by atoms with E-state index in [2.05, 4.69) is 35.5 Å². The number of rotatable bonds is 21. The minimum atomic E-state index is -0.205. The third kappa shape index (κ3) is 13.3. The molecule has 0 spiro atoms. The number of carbonyl (C=O) groups excluding carboxylic acids is 1. The molecule has 0 aromatic heterocycles. The zero-order valence-corrected chi connectivity index (χ0v) is 28.4. The summed E-state index contributed by atoms with van der Waals surface area (Å²) in [5, 5.41) is 5.19. The van der Waals surface area contributed by atoms with Crippen LogP contribution in [0, 0.1) is 0 Å². The Morgan fingerprint density at radius 3 is 2.19 bits per heavy atom. The van der Waals surface area contributed by atoms with Crippen LogP contribution in [0.5, 0.6) is 17.2 Å². The summed E-state index contributed by atoms with van der Waals surface area (Å²) in [4.78, 5) is 15.1. The number of carbonyl (C=O) groups is 1. The van der Waals surface area contributed by atoms with Crippen LogP contribution >= 0.6 is 28.7 Å². The molecule has 3 rings (SSSR count). The minimum Gasteiger partial charge on any atom is -0.497 e. The summed E-state index contributed by atoms with van der Waals surface area (Å²) in [7, 11) is 1.63. The van der Waals surface area contributed by atoms with Gasteiger partial charge in [0.1, 0.15) is 5.75 Å². The number of benzene rings is 2. The van der Waals surface area contributed by atoms with Crippen molar-refractivity contribution in [3.8, 4) is 17.2 Å². The third-order valence-electron chi connectivity index (χ3n) is 7.40. The number of amides is 1. The number of anilines is 1. The van der Waals surface area contributed by atoms with Crippen LogP contribution in [0.1, 0.15) is 96.5 Å². The Kier molecular flexibility index (Phi) is 18.3. The van der Waals surface area contributed by atoms with Gasteiger partial charge in [-0.15, -0.1) is 28.7 Å². The molecule has 234 valence electrons. The van der Waals surface area contributed by atoms with Gasteiger partial charge in [0.15, 0.2) is 18.1 Å². The van der Waals surface area contributed by atoms with Gasteiger partial charge in [0.25, 0.3) is 5.91 Å². The van der Waals surface area contributed by atoms with E-state index in [1.807, 2.05) is 30.3 Å². The van der Waals surface area contributed by atoms with Gasteiger partial charge in [-0.05, 0) is 42.5 Å². The molecule has 0 saturated heterocycles. The number of ether oxygens (including phenoxy) is 3. The lowest BCUT2D eigenvalue weighted by atomic mass is 10.1. The van der Waals surface area contributed by atoms with Crippen molar-refractivity contribution in [3.05, 3.63) is 59.1 Å². The quantitative estimate of drug-likeness (QED) is 0.134. The van der Waals surface area contributed by atoms with Gasteiger partial charge in [0, 0.05) is 24.0 Å². The summed E-state index contributed by atoms with van der Waals surface area (Å²) in [6, 6.07) is 13.4. The lowest BCUT2D eigenvalue weighted by Gasteiger charge is -2.21. The van der Waals surface area contributed by atoms with Crippen molar-refractivity contribution < 1.29 is 19.0 Å². The predicted molar refractivity (Wildman–Crippen MR) is 182 cm³/mol. The molecule has 1 N–H and O–H groups in total. The molecule has 2 aromatic carbocycles. The zero-order chi connectivity index (χ0) is 29.1. The smallest absolute Gasteiger partial charge is 0.262 e. The predicted octanol–water partition coefficient (Wildman–Crippen LogP) is 9.74. The fourth-order valence-electron chi connectivity index (χ4n) is 4.88. The molecule has 0 saturated carbocycles. The first-order valence-corrected chi connectivity index (χ1v) is 16.5. The van der Waals surface area contributed by atoms with E-state index in [0.717, 1.165) is 36.5 Å². The van der Waals surface area contributed by atoms with Crippen LogP contribution in [-0.2, 0) is 11.3 Å². The van der Waals surface area contributed by atoms with E-state index in [-0.39, 0.29) is 29.5 Å². The highest BCUT2D eigenvalue weighted by atomic mass is 79.9. The maximum atomic E-state index is 12.8. The average Bonchev–Trinajstić information content (AvgIpc) is 3.39. The number of nitrogens with one attached hydrogen (secondary N) is 1. The van der Waals surface area contributed by atoms with Crippen molar-refractivity contribution in [2.24, 2.45) is 0 Å². The van der Waals surface area contributed by atoms with Crippen molar-refractivity contribution in [2.45, 2.75) is 97.4 Å². The van der Waals surface area contributed by atoms with Gasteiger partial charge >= 0.3 is 0 Å². The number of nitrogens with zero attached hydrogens (tertiary/aromatic N) is 1. The molecule has 0 atom stereocenters. The maximum absolute atomic E-state index is 12.8. The van der Waals surface area contributed by atoms with E-state index in [0.29, 0.717) is 23.9 Å². The normalized spacial score (nSPS) is 12.5. The van der Waals surface area contributed by atoms with E-state index in [1.54, 1.807) is 24.9 Å². The van der Waals surface area contributed by atoms with Crippen LogP contribution in [0.2, 0.25) is 0 Å². The molecule has 0 unspecified atom stereocenters. The van der Waals surface area contributed by atoms with Gasteiger partial charge in [-0.3, -0.25) is 4.79 Å². The number of allylic oxidation sites excluding steroid dienone is 1. The van der Waals surface area contributed by atoms with Crippen molar-refractivity contribution in [2.75, 3.05) is 31.5 Å². The molecule has 1 aliphatic heterocycles. The minimum absolute atomic E-state index is 0. The van der Waals surface area contributed by atoms with E-state index < -0.39 is 0 Å². The second kappa shape index (κ2) is 21.4. The zero-order valence-electron chi connectivity index (χ0n) is 25.8. The van der Waals surface area contributed by atoms with Crippen molar-refractivity contribution in [3.63, 3.8) is 0 Å². The fourth-order valence-corrected chi connectivity index (χ4v) is 5.82. The highest BCUT2D eigenvalue weighted by Crippen LogP contribution is 2.32.